The number of halogens is 2. The summed E-state index contributed by atoms with van der Waals surface area (Å²) in [6.45, 7) is 5.12. The minimum absolute atomic E-state index is 0.178. The minimum Gasteiger partial charge on any atom is -0.368 e. The average Bonchev–Trinajstić information content (AvgIpc) is 2.68. The van der Waals surface area contributed by atoms with Crippen LogP contribution in [0.1, 0.15) is 32.1 Å². The number of rotatable bonds is 6. The Morgan fingerprint density at radius 1 is 1.07 bits per heavy atom. The van der Waals surface area contributed by atoms with Crippen LogP contribution >= 0.6 is 23.2 Å². The van der Waals surface area contributed by atoms with Crippen LogP contribution in [0.4, 0.5) is 5.69 Å². The maximum absolute atomic E-state index is 11.7. The summed E-state index contributed by atoms with van der Waals surface area (Å²) >= 11 is 12.5. The summed E-state index contributed by atoms with van der Waals surface area (Å²) in [7, 11) is -1.37. The first-order chi connectivity index (χ1) is 13.3. The molecule has 0 amide bonds. The molecule has 1 aromatic carbocycles. The van der Waals surface area contributed by atoms with Crippen LogP contribution in [0.15, 0.2) is 18.2 Å². The maximum Gasteiger partial charge on any atom is 0.211 e. The molecule has 0 unspecified atom stereocenters. The Morgan fingerprint density at radius 2 is 1.71 bits per heavy atom. The normalized spacial score (nSPS) is 24.7. The van der Waals surface area contributed by atoms with Gasteiger partial charge in [-0.3, -0.25) is 4.90 Å². The highest BCUT2D eigenvalue weighted by Crippen LogP contribution is 2.33. The van der Waals surface area contributed by atoms with E-state index in [2.05, 4.69) is 9.80 Å². The van der Waals surface area contributed by atoms with Crippen molar-refractivity contribution in [1.29, 1.82) is 0 Å². The van der Waals surface area contributed by atoms with Crippen LogP contribution in [0.25, 0.3) is 0 Å². The zero-order chi connectivity index (χ0) is 20.3. The van der Waals surface area contributed by atoms with Crippen molar-refractivity contribution in [3.05, 3.63) is 28.2 Å². The fraction of sp³-hybridized carbons (Fsp3) is 0.700. The molecule has 0 aromatic heterocycles. The summed E-state index contributed by atoms with van der Waals surface area (Å²) in [5.41, 5.74) is 1.03. The molecular weight excluding hydrogens is 417 g/mol. The molecule has 28 heavy (non-hydrogen) atoms. The molecule has 1 aromatic rings. The fourth-order valence-electron chi connectivity index (χ4n) is 4.38. The maximum atomic E-state index is 11.7. The van der Waals surface area contributed by atoms with E-state index in [9.17, 15) is 8.42 Å². The van der Waals surface area contributed by atoms with Gasteiger partial charge in [-0.2, -0.15) is 0 Å². The zero-order valence-corrected chi connectivity index (χ0v) is 19.1. The molecule has 1 aliphatic carbocycles. The first kappa shape index (κ1) is 22.2. The van der Waals surface area contributed by atoms with Crippen LogP contribution in [-0.2, 0) is 10.0 Å². The lowest BCUT2D eigenvalue weighted by molar-refractivity contribution is 0.194. The standard InChI is InChI=1S/C20H31Cl2N3O2S/c1-23(28(2,26)27)17-8-6-16(7-9-17)10-11-24-12-14-25(15-13-24)19-5-3-4-18(21)20(19)22/h3-5,16-17H,6-15H2,1-2H3. The van der Waals surface area contributed by atoms with Gasteiger partial charge in [0.1, 0.15) is 0 Å². The molecule has 0 bridgehead atoms. The SMILES string of the molecule is CN(C1CCC(CCN2CCN(c3cccc(Cl)c3Cl)CC2)CC1)S(C)(=O)=O. The summed E-state index contributed by atoms with van der Waals surface area (Å²) in [6.07, 6.45) is 6.72. The summed E-state index contributed by atoms with van der Waals surface area (Å²) in [4.78, 5) is 4.85. The molecule has 158 valence electrons. The van der Waals surface area contributed by atoms with Crippen LogP contribution in [0, 0.1) is 5.92 Å². The van der Waals surface area contributed by atoms with E-state index in [0.717, 1.165) is 64.1 Å². The Kier molecular flexibility index (Phi) is 7.54. The first-order valence-electron chi connectivity index (χ1n) is 10.1. The van der Waals surface area contributed by atoms with Crippen molar-refractivity contribution >= 4 is 38.9 Å². The van der Waals surface area contributed by atoms with Gasteiger partial charge in [0.25, 0.3) is 0 Å². The highest BCUT2D eigenvalue weighted by molar-refractivity contribution is 7.88. The number of benzene rings is 1. The van der Waals surface area contributed by atoms with Crippen LogP contribution < -0.4 is 4.90 Å². The molecule has 5 nitrogen and oxygen atoms in total. The van der Waals surface area contributed by atoms with Gasteiger partial charge in [-0.1, -0.05) is 29.3 Å². The Hall–Kier alpha value is -0.530. The Labute approximate surface area is 179 Å². The molecule has 8 heteroatoms. The van der Waals surface area contributed by atoms with Gasteiger partial charge in [-0.25, -0.2) is 12.7 Å². The highest BCUT2D eigenvalue weighted by atomic mass is 35.5. The molecule has 0 N–H and O–H groups in total. The molecule has 2 fully saturated rings. The third-order valence-corrected chi connectivity index (χ3v) is 8.50. The average molecular weight is 448 g/mol. The second kappa shape index (κ2) is 9.52. The van der Waals surface area contributed by atoms with E-state index in [0.29, 0.717) is 16.0 Å². The van der Waals surface area contributed by atoms with E-state index in [-0.39, 0.29) is 6.04 Å². The smallest absolute Gasteiger partial charge is 0.211 e. The van der Waals surface area contributed by atoms with E-state index in [1.807, 2.05) is 18.2 Å². The van der Waals surface area contributed by atoms with Gasteiger partial charge >= 0.3 is 0 Å². The monoisotopic (exact) mass is 447 g/mol. The molecule has 2 aliphatic rings. The zero-order valence-electron chi connectivity index (χ0n) is 16.8. The third kappa shape index (κ3) is 5.54. The number of nitrogens with zero attached hydrogens (tertiary/aromatic N) is 3. The minimum atomic E-state index is -3.08. The van der Waals surface area contributed by atoms with Crippen molar-refractivity contribution < 1.29 is 8.42 Å². The van der Waals surface area contributed by atoms with E-state index < -0.39 is 10.0 Å². The number of hydrogen-bond acceptors (Lipinski definition) is 4. The fourth-order valence-corrected chi connectivity index (χ4v) is 5.55. The van der Waals surface area contributed by atoms with Crippen molar-refractivity contribution in [2.75, 3.05) is 50.9 Å². The quantitative estimate of drug-likeness (QED) is 0.661. The van der Waals surface area contributed by atoms with Crippen molar-refractivity contribution in [3.8, 4) is 0 Å². The molecule has 0 radical (unpaired) electrons. The predicted octanol–water partition coefficient (Wildman–Crippen LogP) is 3.96. The van der Waals surface area contributed by atoms with Crippen LogP contribution in [0.5, 0.6) is 0 Å². The molecule has 0 atom stereocenters. The highest BCUT2D eigenvalue weighted by Gasteiger charge is 2.28. The topological polar surface area (TPSA) is 43.9 Å². The van der Waals surface area contributed by atoms with Gasteiger partial charge in [-0.15, -0.1) is 0 Å². The number of hydrogen-bond donors (Lipinski definition) is 0. The number of anilines is 1. The van der Waals surface area contributed by atoms with Crippen molar-refractivity contribution in [2.24, 2.45) is 5.92 Å². The molecule has 1 aliphatic heterocycles. The second-order valence-electron chi connectivity index (χ2n) is 8.14. The van der Waals surface area contributed by atoms with Gasteiger partial charge in [0.15, 0.2) is 0 Å². The van der Waals surface area contributed by atoms with Crippen LogP contribution in [0.2, 0.25) is 10.0 Å². The predicted molar refractivity (Wildman–Crippen MR) is 118 cm³/mol. The lowest BCUT2D eigenvalue weighted by atomic mass is 9.84. The first-order valence-corrected chi connectivity index (χ1v) is 12.7. The van der Waals surface area contributed by atoms with Gasteiger partial charge < -0.3 is 4.90 Å². The second-order valence-corrected chi connectivity index (χ2v) is 11.0. The van der Waals surface area contributed by atoms with Gasteiger partial charge in [0.05, 0.1) is 22.0 Å². The van der Waals surface area contributed by atoms with Crippen LogP contribution in [-0.4, -0.2) is 69.7 Å². The molecule has 1 saturated carbocycles. The molecule has 1 saturated heterocycles. The summed E-state index contributed by atoms with van der Waals surface area (Å²) in [5, 5.41) is 1.26. The van der Waals surface area contributed by atoms with Gasteiger partial charge in [0.2, 0.25) is 10.0 Å². The van der Waals surface area contributed by atoms with Crippen molar-refractivity contribution in [3.63, 3.8) is 0 Å². The van der Waals surface area contributed by atoms with Crippen molar-refractivity contribution in [1.82, 2.24) is 9.21 Å². The van der Waals surface area contributed by atoms with E-state index in [1.54, 1.807) is 11.4 Å². The van der Waals surface area contributed by atoms with E-state index in [4.69, 9.17) is 23.2 Å². The molecule has 1 heterocycles. The molecule has 0 spiro atoms. The molecule has 3 rings (SSSR count). The number of sulfonamides is 1. The number of piperazine rings is 1. The third-order valence-electron chi connectivity index (χ3n) is 6.35. The summed E-state index contributed by atoms with van der Waals surface area (Å²) < 4.78 is 25.0. The Bertz CT molecular complexity index is 759. The lowest BCUT2D eigenvalue weighted by Crippen LogP contribution is -2.47. The molecular formula is C20H31Cl2N3O2S. The van der Waals surface area contributed by atoms with E-state index >= 15 is 0 Å². The van der Waals surface area contributed by atoms with E-state index in [1.165, 1.54) is 12.7 Å². The van der Waals surface area contributed by atoms with Crippen molar-refractivity contribution in [2.45, 2.75) is 38.1 Å². The Balaban J connectivity index is 1.40. The van der Waals surface area contributed by atoms with Gasteiger partial charge in [-0.05, 0) is 56.7 Å². The van der Waals surface area contributed by atoms with Crippen LogP contribution in [0.3, 0.4) is 0 Å². The van der Waals surface area contributed by atoms with Gasteiger partial charge in [0, 0.05) is 39.3 Å². The Morgan fingerprint density at radius 3 is 2.32 bits per heavy atom. The largest absolute Gasteiger partial charge is 0.368 e. The summed E-state index contributed by atoms with van der Waals surface area (Å²) in [6, 6.07) is 5.99. The lowest BCUT2D eigenvalue weighted by Gasteiger charge is -2.38. The summed E-state index contributed by atoms with van der Waals surface area (Å²) in [5.74, 6) is 0.713.